The van der Waals surface area contributed by atoms with E-state index in [1.165, 1.54) is 10.6 Å². The van der Waals surface area contributed by atoms with Gasteiger partial charge in [-0.25, -0.2) is 18.7 Å². The van der Waals surface area contributed by atoms with Crippen LogP contribution in [0.25, 0.3) is 5.65 Å². The molecule has 3 aromatic rings. The summed E-state index contributed by atoms with van der Waals surface area (Å²) in [7, 11) is 0. The number of rotatable bonds is 4. The van der Waals surface area contributed by atoms with Crippen LogP contribution in [0.4, 0.5) is 10.2 Å². The molecule has 8 nitrogen and oxygen atoms in total. The first-order chi connectivity index (χ1) is 13.5. The van der Waals surface area contributed by atoms with Crippen LogP contribution in [0, 0.1) is 5.82 Å². The second-order valence-electron chi connectivity index (χ2n) is 6.39. The van der Waals surface area contributed by atoms with E-state index in [9.17, 15) is 14.0 Å². The van der Waals surface area contributed by atoms with Crippen molar-refractivity contribution in [1.29, 1.82) is 0 Å². The fourth-order valence-electron chi connectivity index (χ4n) is 3.52. The highest BCUT2D eigenvalue weighted by Crippen LogP contribution is 2.34. The molecule has 0 aliphatic carbocycles. The lowest BCUT2D eigenvalue weighted by atomic mass is 10.1. The smallest absolute Gasteiger partial charge is 0.345 e. The number of aromatic nitrogens is 4. The maximum Gasteiger partial charge on any atom is 0.345 e. The number of ether oxygens (including phenoxy) is 1. The van der Waals surface area contributed by atoms with Crippen molar-refractivity contribution < 1.29 is 13.9 Å². The van der Waals surface area contributed by atoms with Gasteiger partial charge in [-0.1, -0.05) is 11.6 Å². The summed E-state index contributed by atoms with van der Waals surface area (Å²) in [6, 6.07) is 2.65. The number of pyridine rings is 1. The van der Waals surface area contributed by atoms with E-state index in [2.05, 4.69) is 15.1 Å². The third-order valence-electron chi connectivity index (χ3n) is 4.71. The van der Waals surface area contributed by atoms with Gasteiger partial charge in [0.1, 0.15) is 17.2 Å². The first kappa shape index (κ1) is 18.4. The number of nitrogens with zero attached hydrogens (tertiary/aromatic N) is 4. The zero-order valence-electron chi connectivity index (χ0n) is 15.0. The third kappa shape index (κ3) is 3.11. The highest BCUT2D eigenvalue weighted by atomic mass is 35.5. The summed E-state index contributed by atoms with van der Waals surface area (Å²) in [6.45, 7) is 2.53. The van der Waals surface area contributed by atoms with Crippen LogP contribution >= 0.6 is 11.6 Å². The number of anilines is 1. The van der Waals surface area contributed by atoms with Crippen LogP contribution in [0.3, 0.4) is 0 Å². The Morgan fingerprint density at radius 1 is 1.50 bits per heavy atom. The summed E-state index contributed by atoms with van der Waals surface area (Å²) < 4.78 is 20.1. The Morgan fingerprint density at radius 3 is 3.11 bits per heavy atom. The van der Waals surface area contributed by atoms with E-state index in [0.29, 0.717) is 24.3 Å². The molecule has 10 heteroatoms. The second-order valence-corrected chi connectivity index (χ2v) is 6.75. The number of H-pyrrole nitrogens is 1. The molecule has 0 spiro atoms. The number of hydrogen-bond acceptors (Lipinski definition) is 6. The fraction of sp³-hybridized carbons (Fsp3) is 0.333. The van der Waals surface area contributed by atoms with Crippen molar-refractivity contribution in [2.24, 2.45) is 0 Å². The van der Waals surface area contributed by atoms with E-state index in [0.717, 1.165) is 12.6 Å². The Hall–Kier alpha value is -2.94. The summed E-state index contributed by atoms with van der Waals surface area (Å²) in [4.78, 5) is 33.3. The summed E-state index contributed by atoms with van der Waals surface area (Å²) in [5, 5.41) is 4.09. The topological polar surface area (TPSA) is 92.6 Å². The van der Waals surface area contributed by atoms with Gasteiger partial charge in [0.05, 0.1) is 12.6 Å². The van der Waals surface area contributed by atoms with Crippen molar-refractivity contribution in [3.05, 3.63) is 57.0 Å². The molecule has 1 unspecified atom stereocenters. The van der Waals surface area contributed by atoms with Crippen LogP contribution in [0.1, 0.15) is 41.7 Å². The number of hydrogen-bond donors (Lipinski definition) is 1. The second kappa shape index (κ2) is 7.23. The Labute approximate surface area is 163 Å². The van der Waals surface area contributed by atoms with E-state index >= 15 is 0 Å². The van der Waals surface area contributed by atoms with Crippen LogP contribution in [0.2, 0.25) is 5.15 Å². The van der Waals surface area contributed by atoms with Gasteiger partial charge >= 0.3 is 5.97 Å². The van der Waals surface area contributed by atoms with E-state index in [4.69, 9.17) is 16.3 Å². The Bertz CT molecular complexity index is 1110. The SMILES string of the molecule is CCOC(=O)c1c(Cl)nn2ccc(N3CCCC3c3cc(F)c[nH]c3=O)nc12. The van der Waals surface area contributed by atoms with Gasteiger partial charge in [0.15, 0.2) is 10.8 Å². The number of carbonyl (C=O) groups excluding carboxylic acids is 1. The van der Waals surface area contributed by atoms with Crippen LogP contribution in [0.5, 0.6) is 0 Å². The molecule has 1 saturated heterocycles. The van der Waals surface area contributed by atoms with E-state index in [1.54, 1.807) is 19.2 Å². The van der Waals surface area contributed by atoms with Crippen molar-refractivity contribution in [3.8, 4) is 0 Å². The normalized spacial score (nSPS) is 16.7. The van der Waals surface area contributed by atoms with Crippen molar-refractivity contribution in [3.63, 3.8) is 0 Å². The maximum atomic E-state index is 13.7. The Morgan fingerprint density at radius 2 is 2.32 bits per heavy atom. The molecule has 0 bridgehead atoms. The van der Waals surface area contributed by atoms with Crippen molar-refractivity contribution in [2.75, 3.05) is 18.1 Å². The lowest BCUT2D eigenvalue weighted by Crippen LogP contribution is -2.28. The standard InChI is InChI=1S/C18H17ClFN5O3/c1-2-28-18(27)14-15(19)23-25-7-5-13(22-16(14)25)24-6-3-4-12(24)11-8-10(20)9-21-17(11)26/h5,7-9,12H,2-4,6H2,1H3,(H,21,26). The lowest BCUT2D eigenvalue weighted by molar-refractivity contribution is 0.0528. The average Bonchev–Trinajstić information content (AvgIpc) is 3.27. The molecule has 4 heterocycles. The van der Waals surface area contributed by atoms with Gasteiger partial charge < -0.3 is 14.6 Å². The van der Waals surface area contributed by atoms with Crippen LogP contribution in [-0.2, 0) is 4.74 Å². The third-order valence-corrected chi connectivity index (χ3v) is 4.97. The molecule has 1 atom stereocenters. The minimum Gasteiger partial charge on any atom is -0.462 e. The Balaban J connectivity index is 1.78. The number of nitrogens with one attached hydrogen (secondary N) is 1. The van der Waals surface area contributed by atoms with Gasteiger partial charge in [0.25, 0.3) is 5.56 Å². The summed E-state index contributed by atoms with van der Waals surface area (Å²) in [5.74, 6) is -0.565. The molecule has 0 amide bonds. The molecule has 3 aromatic heterocycles. The Kier molecular flexibility index (Phi) is 4.76. The molecule has 1 aliphatic rings. The summed E-state index contributed by atoms with van der Waals surface area (Å²) >= 11 is 6.10. The lowest BCUT2D eigenvalue weighted by Gasteiger charge is -2.25. The van der Waals surface area contributed by atoms with Gasteiger partial charge in [0, 0.05) is 24.5 Å². The fourth-order valence-corrected chi connectivity index (χ4v) is 3.76. The van der Waals surface area contributed by atoms with Crippen molar-refractivity contribution in [1.82, 2.24) is 19.6 Å². The molecule has 1 aliphatic heterocycles. The van der Waals surface area contributed by atoms with Gasteiger partial charge in [-0.2, -0.15) is 5.10 Å². The average molecular weight is 406 g/mol. The molecule has 1 N–H and O–H groups in total. The number of halogens is 2. The summed E-state index contributed by atoms with van der Waals surface area (Å²) in [5.41, 5.74) is 0.361. The number of esters is 1. The molecular formula is C18H17ClFN5O3. The van der Waals surface area contributed by atoms with Gasteiger partial charge in [-0.05, 0) is 31.9 Å². The van der Waals surface area contributed by atoms with Gasteiger partial charge in [-0.3, -0.25) is 4.79 Å². The molecule has 1 fully saturated rings. The number of fused-ring (bicyclic) bond motifs is 1. The maximum absolute atomic E-state index is 13.7. The van der Waals surface area contributed by atoms with Crippen LogP contribution in [-0.4, -0.2) is 38.7 Å². The van der Waals surface area contributed by atoms with Crippen LogP contribution < -0.4 is 10.5 Å². The number of carbonyl (C=O) groups is 1. The minimum atomic E-state index is -0.605. The van der Waals surface area contributed by atoms with Crippen molar-refractivity contribution in [2.45, 2.75) is 25.8 Å². The van der Waals surface area contributed by atoms with E-state index < -0.39 is 11.8 Å². The van der Waals surface area contributed by atoms with Crippen molar-refractivity contribution >= 4 is 29.0 Å². The van der Waals surface area contributed by atoms with E-state index in [1.807, 2.05) is 4.90 Å². The molecular weight excluding hydrogens is 389 g/mol. The predicted molar refractivity (Wildman–Crippen MR) is 100 cm³/mol. The molecule has 4 rings (SSSR count). The largest absolute Gasteiger partial charge is 0.462 e. The van der Waals surface area contributed by atoms with Crippen LogP contribution in [0.15, 0.2) is 29.3 Å². The quantitative estimate of drug-likeness (QED) is 0.671. The molecule has 0 radical (unpaired) electrons. The molecule has 146 valence electrons. The highest BCUT2D eigenvalue weighted by Gasteiger charge is 2.30. The zero-order chi connectivity index (χ0) is 19.8. The summed E-state index contributed by atoms with van der Waals surface area (Å²) in [6.07, 6.45) is 4.18. The zero-order valence-corrected chi connectivity index (χ0v) is 15.7. The number of aromatic amines is 1. The molecule has 0 saturated carbocycles. The molecule has 28 heavy (non-hydrogen) atoms. The van der Waals surface area contributed by atoms with Gasteiger partial charge in [-0.15, -0.1) is 0 Å². The first-order valence-electron chi connectivity index (χ1n) is 8.86. The monoisotopic (exact) mass is 405 g/mol. The predicted octanol–water partition coefficient (Wildman–Crippen LogP) is 2.73. The first-order valence-corrected chi connectivity index (χ1v) is 9.24. The minimum absolute atomic E-state index is 0.00245. The van der Waals surface area contributed by atoms with E-state index in [-0.39, 0.29) is 34.6 Å². The molecule has 0 aromatic carbocycles. The highest BCUT2D eigenvalue weighted by molar-refractivity contribution is 6.33. The van der Waals surface area contributed by atoms with Gasteiger partial charge in [0.2, 0.25) is 0 Å².